The Kier molecular flexibility index (Phi) is 3.73. The van der Waals surface area contributed by atoms with Crippen molar-refractivity contribution in [3.8, 4) is 0 Å². The molecule has 1 aliphatic rings. The Morgan fingerprint density at radius 2 is 1.29 bits per heavy atom. The zero-order valence-corrected chi connectivity index (χ0v) is 18.0. The van der Waals surface area contributed by atoms with Crippen LogP contribution >= 0.6 is 0 Å². The second-order valence-corrected chi connectivity index (χ2v) is 8.70. The van der Waals surface area contributed by atoms with Crippen LogP contribution in [-0.4, -0.2) is 5.66 Å². The summed E-state index contributed by atoms with van der Waals surface area (Å²) in [6, 6.07) is 32.0. The van der Waals surface area contributed by atoms with Crippen LogP contribution in [0.4, 0.5) is 22.7 Å². The third-order valence-corrected chi connectivity index (χ3v) is 6.42. The van der Waals surface area contributed by atoms with E-state index in [4.69, 9.17) is 4.42 Å². The number of rotatable bonds is 2. The summed E-state index contributed by atoms with van der Waals surface area (Å²) >= 11 is 0. The monoisotopic (exact) mass is 404 g/mol. The van der Waals surface area contributed by atoms with E-state index in [0.717, 1.165) is 27.6 Å². The minimum Gasteiger partial charge on any atom is -0.454 e. The Hall–Kier alpha value is -3.72. The van der Waals surface area contributed by atoms with Crippen LogP contribution in [0.25, 0.3) is 21.9 Å². The van der Waals surface area contributed by atoms with Crippen molar-refractivity contribution < 1.29 is 4.42 Å². The maximum Gasteiger partial charge on any atom is 0.159 e. The van der Waals surface area contributed by atoms with Crippen molar-refractivity contribution in [3.05, 3.63) is 96.6 Å². The normalized spacial score (nSPS) is 15.1. The van der Waals surface area contributed by atoms with Crippen molar-refractivity contribution in [2.45, 2.75) is 26.4 Å². The van der Waals surface area contributed by atoms with Gasteiger partial charge in [0.05, 0.1) is 17.1 Å². The molecular weight excluding hydrogens is 380 g/mol. The number of aryl methyl sites for hydroxylation is 1. The Morgan fingerprint density at radius 3 is 2.06 bits per heavy atom. The first-order chi connectivity index (χ1) is 15.1. The molecule has 0 amide bonds. The fourth-order valence-electron chi connectivity index (χ4n) is 5.11. The molecule has 31 heavy (non-hydrogen) atoms. The fourth-order valence-corrected chi connectivity index (χ4v) is 5.11. The molecule has 0 saturated carbocycles. The first kappa shape index (κ1) is 18.1. The van der Waals surface area contributed by atoms with Crippen molar-refractivity contribution >= 4 is 44.7 Å². The van der Waals surface area contributed by atoms with Gasteiger partial charge in [0.1, 0.15) is 11.2 Å². The van der Waals surface area contributed by atoms with E-state index in [1.165, 1.54) is 22.6 Å². The largest absolute Gasteiger partial charge is 0.454 e. The summed E-state index contributed by atoms with van der Waals surface area (Å²) in [4.78, 5) is 4.86. The summed E-state index contributed by atoms with van der Waals surface area (Å²) in [5, 5.41) is 2.31. The van der Waals surface area contributed by atoms with Crippen LogP contribution in [0.5, 0.6) is 0 Å². The molecule has 0 radical (unpaired) electrons. The van der Waals surface area contributed by atoms with Gasteiger partial charge in [-0.1, -0.05) is 60.7 Å². The van der Waals surface area contributed by atoms with Crippen molar-refractivity contribution in [1.29, 1.82) is 0 Å². The predicted molar refractivity (Wildman–Crippen MR) is 130 cm³/mol. The molecule has 0 fully saturated rings. The lowest BCUT2D eigenvalue weighted by molar-refractivity contribution is 0.537. The van der Waals surface area contributed by atoms with Gasteiger partial charge in [-0.05, 0) is 56.7 Å². The topological polar surface area (TPSA) is 19.6 Å². The van der Waals surface area contributed by atoms with Gasteiger partial charge in [0, 0.05) is 16.5 Å². The summed E-state index contributed by atoms with van der Waals surface area (Å²) in [6.07, 6.45) is 0. The van der Waals surface area contributed by atoms with Gasteiger partial charge in [-0.3, -0.25) is 0 Å². The molecule has 0 atom stereocenters. The smallest absolute Gasteiger partial charge is 0.159 e. The molecule has 0 N–H and O–H groups in total. The summed E-state index contributed by atoms with van der Waals surface area (Å²) in [5.41, 5.74) is 7.43. The Bertz CT molecular complexity index is 1430. The molecule has 0 spiro atoms. The first-order valence-corrected chi connectivity index (χ1v) is 10.7. The lowest BCUT2D eigenvalue weighted by Crippen LogP contribution is -2.48. The summed E-state index contributed by atoms with van der Waals surface area (Å²) in [6.45, 7) is 6.73. The van der Waals surface area contributed by atoms with Gasteiger partial charge in [0.25, 0.3) is 0 Å². The highest BCUT2D eigenvalue weighted by molar-refractivity contribution is 6.11. The third kappa shape index (κ3) is 2.46. The molecule has 3 nitrogen and oxygen atoms in total. The van der Waals surface area contributed by atoms with Gasteiger partial charge in [-0.25, -0.2) is 0 Å². The van der Waals surface area contributed by atoms with Crippen LogP contribution in [0.15, 0.2) is 95.4 Å². The highest BCUT2D eigenvalue weighted by Gasteiger charge is 2.45. The zero-order valence-electron chi connectivity index (χ0n) is 18.0. The van der Waals surface area contributed by atoms with Crippen LogP contribution in [0.2, 0.25) is 0 Å². The van der Waals surface area contributed by atoms with Crippen LogP contribution in [-0.2, 0) is 0 Å². The van der Waals surface area contributed by atoms with Crippen LogP contribution in [0.1, 0.15) is 19.4 Å². The maximum atomic E-state index is 6.47. The van der Waals surface area contributed by atoms with E-state index in [1.807, 2.05) is 12.1 Å². The number of hydrogen-bond acceptors (Lipinski definition) is 3. The van der Waals surface area contributed by atoms with Gasteiger partial charge in [0.2, 0.25) is 0 Å². The number of fused-ring (bicyclic) bond motifs is 4. The molecule has 4 aromatic carbocycles. The highest BCUT2D eigenvalue weighted by Crippen LogP contribution is 2.54. The van der Waals surface area contributed by atoms with Crippen molar-refractivity contribution in [1.82, 2.24) is 0 Å². The van der Waals surface area contributed by atoms with Crippen molar-refractivity contribution in [2.75, 3.05) is 9.80 Å². The molecule has 6 rings (SSSR count). The van der Waals surface area contributed by atoms with E-state index in [0.29, 0.717) is 0 Å². The van der Waals surface area contributed by atoms with Crippen LogP contribution < -0.4 is 9.80 Å². The third-order valence-electron chi connectivity index (χ3n) is 6.42. The second kappa shape index (κ2) is 6.39. The van der Waals surface area contributed by atoms with E-state index in [1.54, 1.807) is 0 Å². The molecule has 3 heteroatoms. The Balaban J connectivity index is 1.67. The maximum absolute atomic E-state index is 6.47. The van der Waals surface area contributed by atoms with Crippen molar-refractivity contribution in [3.63, 3.8) is 0 Å². The van der Waals surface area contributed by atoms with E-state index < -0.39 is 0 Å². The quantitative estimate of drug-likeness (QED) is 0.298. The van der Waals surface area contributed by atoms with Gasteiger partial charge in [-0.15, -0.1) is 0 Å². The number of furan rings is 1. The first-order valence-electron chi connectivity index (χ1n) is 10.7. The molecule has 152 valence electrons. The average molecular weight is 405 g/mol. The minimum absolute atomic E-state index is 0.330. The van der Waals surface area contributed by atoms with E-state index in [2.05, 4.69) is 109 Å². The average Bonchev–Trinajstić information content (AvgIpc) is 3.26. The fraction of sp³-hybridized carbons (Fsp3) is 0.143. The Labute approximate surface area is 182 Å². The SMILES string of the molecule is Cc1ccc2c(oc3ccccc32)c1N1c2ccccc2N(c2ccccc2)C1(C)C. The lowest BCUT2D eigenvalue weighted by atomic mass is 10.0. The zero-order chi connectivity index (χ0) is 21.2. The van der Waals surface area contributed by atoms with Gasteiger partial charge in [0.15, 0.2) is 5.58 Å². The molecule has 1 aromatic heterocycles. The predicted octanol–water partition coefficient (Wildman–Crippen LogP) is 7.92. The van der Waals surface area contributed by atoms with Crippen molar-refractivity contribution in [2.24, 2.45) is 0 Å². The van der Waals surface area contributed by atoms with Crippen LogP contribution in [0, 0.1) is 6.92 Å². The standard InChI is InChI=1S/C28H24N2O/c1-19-17-18-22-21-13-7-10-16-25(21)31-27(22)26(19)30-24-15-9-8-14-23(24)29(28(30,2)3)20-11-5-4-6-12-20/h4-18H,1-3H3. The summed E-state index contributed by atoms with van der Waals surface area (Å²) < 4.78 is 6.47. The molecule has 0 unspecified atom stereocenters. The summed E-state index contributed by atoms with van der Waals surface area (Å²) in [5.74, 6) is 0. The van der Waals surface area contributed by atoms with E-state index in [-0.39, 0.29) is 5.66 Å². The molecule has 0 bridgehead atoms. The Morgan fingerprint density at radius 1 is 0.645 bits per heavy atom. The summed E-state index contributed by atoms with van der Waals surface area (Å²) in [7, 11) is 0. The molecular formula is C28H24N2O. The highest BCUT2D eigenvalue weighted by atomic mass is 16.3. The van der Waals surface area contributed by atoms with E-state index in [9.17, 15) is 0 Å². The van der Waals surface area contributed by atoms with E-state index >= 15 is 0 Å². The molecule has 0 saturated heterocycles. The lowest BCUT2D eigenvalue weighted by Gasteiger charge is -2.41. The molecule has 1 aliphatic heterocycles. The number of para-hydroxylation sites is 4. The molecule has 2 heterocycles. The number of benzene rings is 4. The van der Waals surface area contributed by atoms with Crippen LogP contribution in [0.3, 0.4) is 0 Å². The van der Waals surface area contributed by atoms with Gasteiger partial charge < -0.3 is 14.2 Å². The minimum atomic E-state index is -0.330. The molecule has 5 aromatic rings. The second-order valence-electron chi connectivity index (χ2n) is 8.70. The van der Waals surface area contributed by atoms with Gasteiger partial charge in [-0.2, -0.15) is 0 Å². The number of hydrogen-bond donors (Lipinski definition) is 0. The number of anilines is 4. The van der Waals surface area contributed by atoms with Gasteiger partial charge >= 0.3 is 0 Å². The molecule has 0 aliphatic carbocycles. The number of nitrogens with zero attached hydrogens (tertiary/aromatic N) is 2.